The SMILES string of the molecule is CC(NCc1ccco1)C1CCC1. The fraction of sp³-hybridized carbons (Fsp3) is 0.636. The third kappa shape index (κ3) is 2.13. The van der Waals surface area contributed by atoms with Crippen molar-refractivity contribution >= 4 is 0 Å². The lowest BCUT2D eigenvalue weighted by Crippen LogP contribution is -2.36. The van der Waals surface area contributed by atoms with Crippen molar-refractivity contribution in [3.8, 4) is 0 Å². The highest BCUT2D eigenvalue weighted by molar-refractivity contribution is 4.98. The fourth-order valence-corrected chi connectivity index (χ4v) is 1.78. The monoisotopic (exact) mass is 179 g/mol. The number of nitrogens with one attached hydrogen (secondary N) is 1. The Morgan fingerprint density at radius 3 is 3.00 bits per heavy atom. The van der Waals surface area contributed by atoms with Gasteiger partial charge in [0.05, 0.1) is 12.8 Å². The van der Waals surface area contributed by atoms with Gasteiger partial charge in [-0.15, -0.1) is 0 Å². The minimum Gasteiger partial charge on any atom is -0.468 e. The van der Waals surface area contributed by atoms with Crippen molar-refractivity contribution < 1.29 is 4.42 Å². The Morgan fingerprint density at radius 1 is 1.62 bits per heavy atom. The highest BCUT2D eigenvalue weighted by atomic mass is 16.3. The number of hydrogen-bond acceptors (Lipinski definition) is 2. The van der Waals surface area contributed by atoms with Crippen LogP contribution in [0.1, 0.15) is 31.9 Å². The van der Waals surface area contributed by atoms with Crippen molar-refractivity contribution in [1.29, 1.82) is 0 Å². The topological polar surface area (TPSA) is 25.2 Å². The molecule has 1 heterocycles. The third-order valence-electron chi connectivity index (χ3n) is 3.04. The molecule has 2 rings (SSSR count). The number of furan rings is 1. The Morgan fingerprint density at radius 2 is 2.46 bits per heavy atom. The van der Waals surface area contributed by atoms with E-state index in [0.717, 1.165) is 18.2 Å². The molecule has 1 aliphatic rings. The summed E-state index contributed by atoms with van der Waals surface area (Å²) < 4.78 is 5.25. The summed E-state index contributed by atoms with van der Waals surface area (Å²) in [6, 6.07) is 4.59. The molecule has 0 radical (unpaired) electrons. The lowest BCUT2D eigenvalue weighted by molar-refractivity contribution is 0.236. The van der Waals surface area contributed by atoms with Gasteiger partial charge >= 0.3 is 0 Å². The first-order valence-electron chi connectivity index (χ1n) is 5.12. The van der Waals surface area contributed by atoms with E-state index in [9.17, 15) is 0 Å². The van der Waals surface area contributed by atoms with Crippen LogP contribution >= 0.6 is 0 Å². The van der Waals surface area contributed by atoms with E-state index in [2.05, 4.69) is 12.2 Å². The summed E-state index contributed by atoms with van der Waals surface area (Å²) >= 11 is 0. The molecular formula is C11H17NO. The van der Waals surface area contributed by atoms with Crippen molar-refractivity contribution in [2.75, 3.05) is 0 Å². The summed E-state index contributed by atoms with van der Waals surface area (Å²) in [5.74, 6) is 1.93. The van der Waals surface area contributed by atoms with Crippen LogP contribution in [0.2, 0.25) is 0 Å². The largest absolute Gasteiger partial charge is 0.468 e. The predicted molar refractivity (Wildman–Crippen MR) is 52.4 cm³/mol. The van der Waals surface area contributed by atoms with Gasteiger partial charge in [-0.25, -0.2) is 0 Å². The number of rotatable bonds is 4. The quantitative estimate of drug-likeness (QED) is 0.768. The zero-order valence-corrected chi connectivity index (χ0v) is 8.12. The second kappa shape index (κ2) is 3.97. The molecule has 0 amide bonds. The molecular weight excluding hydrogens is 162 g/mol. The van der Waals surface area contributed by atoms with E-state index < -0.39 is 0 Å². The van der Waals surface area contributed by atoms with Crippen LogP contribution in [0.5, 0.6) is 0 Å². The van der Waals surface area contributed by atoms with Gasteiger partial charge in [-0.3, -0.25) is 0 Å². The molecule has 1 aromatic rings. The van der Waals surface area contributed by atoms with E-state index in [4.69, 9.17) is 4.42 Å². The smallest absolute Gasteiger partial charge is 0.117 e. The average molecular weight is 179 g/mol. The molecule has 0 bridgehead atoms. The first-order chi connectivity index (χ1) is 6.36. The fourth-order valence-electron chi connectivity index (χ4n) is 1.78. The molecule has 2 heteroatoms. The molecule has 72 valence electrons. The lowest BCUT2D eigenvalue weighted by Gasteiger charge is -2.31. The van der Waals surface area contributed by atoms with Crippen LogP contribution in [-0.4, -0.2) is 6.04 Å². The summed E-state index contributed by atoms with van der Waals surface area (Å²) in [5, 5.41) is 3.49. The summed E-state index contributed by atoms with van der Waals surface area (Å²) in [6.07, 6.45) is 5.93. The minimum atomic E-state index is 0.638. The van der Waals surface area contributed by atoms with Gasteiger partial charge in [0.2, 0.25) is 0 Å². The van der Waals surface area contributed by atoms with Gasteiger partial charge in [0, 0.05) is 6.04 Å². The van der Waals surface area contributed by atoms with Gasteiger partial charge < -0.3 is 9.73 Å². The minimum absolute atomic E-state index is 0.638. The first kappa shape index (κ1) is 8.82. The van der Waals surface area contributed by atoms with Gasteiger partial charge in [-0.2, -0.15) is 0 Å². The zero-order chi connectivity index (χ0) is 9.10. The molecule has 1 N–H and O–H groups in total. The molecule has 0 aliphatic heterocycles. The molecule has 2 nitrogen and oxygen atoms in total. The van der Waals surface area contributed by atoms with Crippen molar-refractivity contribution in [1.82, 2.24) is 5.32 Å². The summed E-state index contributed by atoms with van der Waals surface area (Å²) in [7, 11) is 0. The Labute approximate surface area is 79.3 Å². The second-order valence-corrected chi connectivity index (χ2v) is 3.94. The van der Waals surface area contributed by atoms with Crippen molar-refractivity contribution in [2.24, 2.45) is 5.92 Å². The molecule has 0 aromatic carbocycles. The summed E-state index contributed by atoms with van der Waals surface area (Å²) in [4.78, 5) is 0. The molecule has 0 saturated heterocycles. The Balaban J connectivity index is 1.72. The Bertz CT molecular complexity index is 239. The van der Waals surface area contributed by atoms with Gasteiger partial charge in [-0.05, 0) is 37.8 Å². The van der Waals surface area contributed by atoms with Gasteiger partial charge in [0.15, 0.2) is 0 Å². The van der Waals surface area contributed by atoms with Crippen LogP contribution in [0.25, 0.3) is 0 Å². The maximum atomic E-state index is 5.25. The van der Waals surface area contributed by atoms with Gasteiger partial charge in [0.25, 0.3) is 0 Å². The van der Waals surface area contributed by atoms with Crippen molar-refractivity contribution in [3.63, 3.8) is 0 Å². The highest BCUT2D eigenvalue weighted by Gasteiger charge is 2.23. The van der Waals surface area contributed by atoms with E-state index in [1.54, 1.807) is 6.26 Å². The van der Waals surface area contributed by atoms with E-state index in [1.165, 1.54) is 19.3 Å². The van der Waals surface area contributed by atoms with Crippen LogP contribution in [-0.2, 0) is 6.54 Å². The lowest BCUT2D eigenvalue weighted by atomic mass is 9.80. The van der Waals surface area contributed by atoms with E-state index in [1.807, 2.05) is 12.1 Å². The van der Waals surface area contributed by atoms with E-state index in [-0.39, 0.29) is 0 Å². The normalized spacial score (nSPS) is 19.8. The zero-order valence-electron chi connectivity index (χ0n) is 8.12. The number of hydrogen-bond donors (Lipinski definition) is 1. The maximum absolute atomic E-state index is 5.25. The van der Waals surface area contributed by atoms with Crippen LogP contribution in [0.4, 0.5) is 0 Å². The third-order valence-corrected chi connectivity index (χ3v) is 3.04. The van der Waals surface area contributed by atoms with Gasteiger partial charge in [-0.1, -0.05) is 6.42 Å². The summed E-state index contributed by atoms with van der Waals surface area (Å²) in [5.41, 5.74) is 0. The molecule has 13 heavy (non-hydrogen) atoms. The molecule has 1 aliphatic carbocycles. The van der Waals surface area contributed by atoms with Crippen molar-refractivity contribution in [2.45, 2.75) is 38.8 Å². The molecule has 1 aromatic heterocycles. The van der Waals surface area contributed by atoms with Crippen LogP contribution in [0.15, 0.2) is 22.8 Å². The summed E-state index contributed by atoms with van der Waals surface area (Å²) in [6.45, 7) is 3.14. The molecule has 1 fully saturated rings. The average Bonchev–Trinajstić information content (AvgIpc) is 2.49. The van der Waals surface area contributed by atoms with Crippen LogP contribution < -0.4 is 5.32 Å². The van der Waals surface area contributed by atoms with Crippen LogP contribution in [0.3, 0.4) is 0 Å². The van der Waals surface area contributed by atoms with E-state index in [0.29, 0.717) is 6.04 Å². The van der Waals surface area contributed by atoms with E-state index >= 15 is 0 Å². The van der Waals surface area contributed by atoms with Crippen LogP contribution in [0, 0.1) is 5.92 Å². The second-order valence-electron chi connectivity index (χ2n) is 3.94. The maximum Gasteiger partial charge on any atom is 0.117 e. The van der Waals surface area contributed by atoms with Crippen molar-refractivity contribution in [3.05, 3.63) is 24.2 Å². The molecule has 0 spiro atoms. The molecule has 1 saturated carbocycles. The standard InChI is InChI=1S/C11H17NO/c1-9(10-4-2-5-10)12-8-11-6-3-7-13-11/h3,6-7,9-10,12H,2,4-5,8H2,1H3. The molecule has 1 unspecified atom stereocenters. The first-order valence-corrected chi connectivity index (χ1v) is 5.12. The Hall–Kier alpha value is -0.760. The highest BCUT2D eigenvalue weighted by Crippen LogP contribution is 2.29. The molecule has 1 atom stereocenters. The van der Waals surface area contributed by atoms with Gasteiger partial charge in [0.1, 0.15) is 5.76 Å². The Kier molecular flexibility index (Phi) is 2.69. The predicted octanol–water partition coefficient (Wildman–Crippen LogP) is 2.56.